The SMILES string of the molecule is CCCCCSCCNc1ccccc1F. The van der Waals surface area contributed by atoms with Gasteiger partial charge in [0, 0.05) is 12.3 Å². The summed E-state index contributed by atoms with van der Waals surface area (Å²) in [6, 6.07) is 6.81. The summed E-state index contributed by atoms with van der Waals surface area (Å²) in [4.78, 5) is 0. The van der Waals surface area contributed by atoms with E-state index in [0.717, 1.165) is 12.3 Å². The van der Waals surface area contributed by atoms with E-state index in [1.54, 1.807) is 12.1 Å². The van der Waals surface area contributed by atoms with E-state index in [4.69, 9.17) is 0 Å². The molecule has 1 nitrogen and oxygen atoms in total. The van der Waals surface area contributed by atoms with Crippen LogP contribution < -0.4 is 5.32 Å². The Hall–Kier alpha value is -0.700. The number of benzene rings is 1. The first-order chi connectivity index (χ1) is 7.84. The Bertz CT molecular complexity index is 291. The van der Waals surface area contributed by atoms with Gasteiger partial charge >= 0.3 is 0 Å². The number of para-hydroxylation sites is 1. The Labute approximate surface area is 102 Å². The first kappa shape index (κ1) is 13.4. The van der Waals surface area contributed by atoms with Gasteiger partial charge in [-0.05, 0) is 24.3 Å². The van der Waals surface area contributed by atoms with E-state index in [1.165, 1.54) is 31.1 Å². The number of thioether (sulfide) groups is 1. The largest absolute Gasteiger partial charge is 0.382 e. The highest BCUT2D eigenvalue weighted by Crippen LogP contribution is 2.12. The zero-order valence-electron chi connectivity index (χ0n) is 9.84. The summed E-state index contributed by atoms with van der Waals surface area (Å²) in [5.74, 6) is 2.09. The fourth-order valence-electron chi connectivity index (χ4n) is 1.42. The van der Waals surface area contributed by atoms with Crippen LogP contribution >= 0.6 is 11.8 Å². The second-order valence-electron chi connectivity index (χ2n) is 3.73. The maximum Gasteiger partial charge on any atom is 0.146 e. The Morgan fingerprint density at radius 3 is 2.75 bits per heavy atom. The van der Waals surface area contributed by atoms with E-state index in [0.29, 0.717) is 5.69 Å². The lowest BCUT2D eigenvalue weighted by Gasteiger charge is -2.06. The molecule has 1 rings (SSSR count). The lowest BCUT2D eigenvalue weighted by atomic mass is 10.3. The average Bonchev–Trinajstić information content (AvgIpc) is 2.30. The number of anilines is 1. The number of halogens is 1. The fraction of sp³-hybridized carbons (Fsp3) is 0.538. The molecule has 0 unspecified atom stereocenters. The number of hydrogen-bond acceptors (Lipinski definition) is 2. The van der Waals surface area contributed by atoms with Gasteiger partial charge in [0.2, 0.25) is 0 Å². The van der Waals surface area contributed by atoms with Crippen molar-refractivity contribution in [3.05, 3.63) is 30.1 Å². The summed E-state index contributed by atoms with van der Waals surface area (Å²) in [5, 5.41) is 3.11. The number of hydrogen-bond donors (Lipinski definition) is 1. The van der Waals surface area contributed by atoms with Crippen molar-refractivity contribution < 1.29 is 4.39 Å². The van der Waals surface area contributed by atoms with Crippen molar-refractivity contribution in [2.45, 2.75) is 26.2 Å². The lowest BCUT2D eigenvalue weighted by Crippen LogP contribution is -2.05. The molecule has 1 aromatic carbocycles. The molecule has 0 amide bonds. The van der Waals surface area contributed by atoms with E-state index >= 15 is 0 Å². The van der Waals surface area contributed by atoms with Crippen LogP contribution in [0.4, 0.5) is 10.1 Å². The minimum atomic E-state index is -0.168. The standard InChI is InChI=1S/C13H20FNS/c1-2-3-6-10-16-11-9-15-13-8-5-4-7-12(13)14/h4-5,7-8,15H,2-3,6,9-11H2,1H3. The van der Waals surface area contributed by atoms with Crippen molar-refractivity contribution in [3.8, 4) is 0 Å². The molecule has 0 spiro atoms. The zero-order valence-corrected chi connectivity index (χ0v) is 10.7. The molecule has 0 saturated carbocycles. The van der Waals surface area contributed by atoms with E-state index < -0.39 is 0 Å². The molecule has 0 saturated heterocycles. The summed E-state index contributed by atoms with van der Waals surface area (Å²) >= 11 is 1.93. The minimum Gasteiger partial charge on any atom is -0.382 e. The van der Waals surface area contributed by atoms with Gasteiger partial charge in [-0.2, -0.15) is 11.8 Å². The van der Waals surface area contributed by atoms with Crippen molar-refractivity contribution in [2.75, 3.05) is 23.4 Å². The minimum absolute atomic E-state index is 0.168. The third-order valence-corrected chi connectivity index (χ3v) is 3.40. The van der Waals surface area contributed by atoms with E-state index in [9.17, 15) is 4.39 Å². The average molecular weight is 241 g/mol. The Kier molecular flexibility index (Phi) is 7.06. The summed E-state index contributed by atoms with van der Waals surface area (Å²) in [5.41, 5.74) is 0.608. The number of nitrogens with one attached hydrogen (secondary N) is 1. The van der Waals surface area contributed by atoms with E-state index in [1.807, 2.05) is 17.8 Å². The van der Waals surface area contributed by atoms with Crippen LogP contribution in [0.2, 0.25) is 0 Å². The molecule has 0 aliphatic carbocycles. The van der Waals surface area contributed by atoms with Crippen LogP contribution in [0.3, 0.4) is 0 Å². The Morgan fingerprint density at radius 1 is 1.19 bits per heavy atom. The van der Waals surface area contributed by atoms with Crippen molar-refractivity contribution in [1.29, 1.82) is 0 Å². The molecule has 0 aliphatic rings. The van der Waals surface area contributed by atoms with Crippen molar-refractivity contribution in [1.82, 2.24) is 0 Å². The molecule has 0 aromatic heterocycles. The molecule has 1 N–H and O–H groups in total. The fourth-order valence-corrected chi connectivity index (χ4v) is 2.28. The van der Waals surface area contributed by atoms with Gasteiger partial charge in [0.15, 0.2) is 0 Å². The van der Waals surface area contributed by atoms with Crippen LogP contribution in [0, 0.1) is 5.82 Å². The molecule has 0 bridgehead atoms. The summed E-state index contributed by atoms with van der Waals surface area (Å²) < 4.78 is 13.2. The third-order valence-electron chi connectivity index (χ3n) is 2.33. The lowest BCUT2D eigenvalue weighted by molar-refractivity contribution is 0.630. The van der Waals surface area contributed by atoms with Crippen LogP contribution in [0.15, 0.2) is 24.3 Å². The third kappa shape index (κ3) is 5.40. The molecule has 0 aliphatic heterocycles. The molecule has 16 heavy (non-hydrogen) atoms. The smallest absolute Gasteiger partial charge is 0.146 e. The van der Waals surface area contributed by atoms with Crippen LogP contribution in [0.1, 0.15) is 26.2 Å². The quantitative estimate of drug-likeness (QED) is 0.686. The van der Waals surface area contributed by atoms with Gasteiger partial charge in [0.05, 0.1) is 5.69 Å². The molecule has 1 aromatic rings. The van der Waals surface area contributed by atoms with Crippen LogP contribution in [-0.2, 0) is 0 Å². The monoisotopic (exact) mass is 241 g/mol. The zero-order chi connectivity index (χ0) is 11.6. The predicted octanol–water partition coefficient (Wildman–Crippen LogP) is 4.16. The second kappa shape index (κ2) is 8.45. The number of unbranched alkanes of at least 4 members (excludes halogenated alkanes) is 2. The topological polar surface area (TPSA) is 12.0 Å². The molecule has 90 valence electrons. The molecule has 0 atom stereocenters. The maximum absolute atomic E-state index is 13.2. The Morgan fingerprint density at radius 2 is 2.00 bits per heavy atom. The van der Waals surface area contributed by atoms with Crippen LogP contribution in [-0.4, -0.2) is 18.1 Å². The molecule has 0 fully saturated rings. The maximum atomic E-state index is 13.2. The number of rotatable bonds is 8. The second-order valence-corrected chi connectivity index (χ2v) is 4.95. The summed E-state index contributed by atoms with van der Waals surface area (Å²) in [6.07, 6.45) is 3.88. The van der Waals surface area contributed by atoms with Gasteiger partial charge < -0.3 is 5.32 Å². The van der Waals surface area contributed by atoms with Gasteiger partial charge in [0.1, 0.15) is 5.82 Å². The highest BCUT2D eigenvalue weighted by molar-refractivity contribution is 7.99. The van der Waals surface area contributed by atoms with Crippen LogP contribution in [0.25, 0.3) is 0 Å². The highest BCUT2D eigenvalue weighted by atomic mass is 32.2. The van der Waals surface area contributed by atoms with Crippen molar-refractivity contribution >= 4 is 17.4 Å². The Balaban J connectivity index is 2.05. The first-order valence-electron chi connectivity index (χ1n) is 5.90. The highest BCUT2D eigenvalue weighted by Gasteiger charge is 1.98. The van der Waals surface area contributed by atoms with Crippen LogP contribution in [0.5, 0.6) is 0 Å². The first-order valence-corrected chi connectivity index (χ1v) is 7.06. The molecule has 3 heteroatoms. The molecular formula is C13H20FNS. The predicted molar refractivity (Wildman–Crippen MR) is 71.7 cm³/mol. The van der Waals surface area contributed by atoms with Gasteiger partial charge in [-0.25, -0.2) is 4.39 Å². The summed E-state index contributed by atoms with van der Waals surface area (Å²) in [7, 11) is 0. The van der Waals surface area contributed by atoms with Gasteiger partial charge in [-0.3, -0.25) is 0 Å². The van der Waals surface area contributed by atoms with Gasteiger partial charge in [0.25, 0.3) is 0 Å². The van der Waals surface area contributed by atoms with Crippen molar-refractivity contribution in [3.63, 3.8) is 0 Å². The summed E-state index contributed by atoms with van der Waals surface area (Å²) in [6.45, 7) is 3.04. The van der Waals surface area contributed by atoms with E-state index in [-0.39, 0.29) is 5.82 Å². The van der Waals surface area contributed by atoms with Crippen molar-refractivity contribution in [2.24, 2.45) is 0 Å². The normalized spacial score (nSPS) is 10.4. The van der Waals surface area contributed by atoms with Gasteiger partial charge in [-0.1, -0.05) is 31.9 Å². The molecule has 0 radical (unpaired) electrons. The van der Waals surface area contributed by atoms with E-state index in [2.05, 4.69) is 12.2 Å². The van der Waals surface area contributed by atoms with Gasteiger partial charge in [-0.15, -0.1) is 0 Å². The molecule has 0 heterocycles. The molecular weight excluding hydrogens is 221 g/mol.